The zero-order valence-electron chi connectivity index (χ0n) is 4.96. The van der Waals surface area contributed by atoms with Crippen LogP contribution in [-0.2, 0) is 0 Å². The molecule has 4 N–H and O–H groups in total. The van der Waals surface area contributed by atoms with Gasteiger partial charge in [0.05, 0.1) is 6.20 Å². The summed E-state index contributed by atoms with van der Waals surface area (Å²) in [4.78, 5) is 10.4. The van der Waals surface area contributed by atoms with Crippen molar-refractivity contribution in [1.82, 2.24) is 15.7 Å². The molecule has 1 aromatic heterocycles. The summed E-state index contributed by atoms with van der Waals surface area (Å²) in [5.41, 5.74) is 1.41. The molecule has 0 radical (unpaired) electrons. The lowest BCUT2D eigenvalue weighted by atomic mass is 10.6. The van der Waals surface area contributed by atoms with E-state index in [4.69, 9.17) is 5.21 Å². The van der Waals surface area contributed by atoms with Gasteiger partial charge in [-0.2, -0.15) is 5.10 Å². The van der Waals surface area contributed by atoms with E-state index in [1.807, 2.05) is 0 Å². The number of hydroxylamine groups is 1. The normalized spacial score (nSPS) is 8.90. The van der Waals surface area contributed by atoms with E-state index in [0.29, 0.717) is 5.82 Å². The summed E-state index contributed by atoms with van der Waals surface area (Å²) < 4.78 is 0. The topological polar surface area (TPSA) is 90.0 Å². The van der Waals surface area contributed by atoms with Crippen molar-refractivity contribution in [2.75, 3.05) is 5.32 Å². The van der Waals surface area contributed by atoms with E-state index in [0.717, 1.165) is 0 Å². The number of aromatic amines is 1. The molecule has 0 saturated heterocycles. The number of H-pyrrole nitrogens is 1. The quantitative estimate of drug-likeness (QED) is 0.326. The monoisotopic (exact) mass is 142 g/mol. The third kappa shape index (κ3) is 1.46. The van der Waals surface area contributed by atoms with Crippen molar-refractivity contribution in [3.05, 3.63) is 12.3 Å². The van der Waals surface area contributed by atoms with Crippen LogP contribution in [0.4, 0.5) is 10.6 Å². The molecule has 0 fully saturated rings. The molecule has 1 aromatic rings. The first-order valence-electron chi connectivity index (χ1n) is 2.53. The molecule has 0 spiro atoms. The number of carbonyl (C=O) groups is 1. The Morgan fingerprint density at radius 3 is 3.10 bits per heavy atom. The standard InChI is InChI=1S/C4H6N4O2/c9-4(8-10)6-3-1-2-5-7-3/h1-2,10H,(H3,5,6,7,8,9). The van der Waals surface area contributed by atoms with Gasteiger partial charge in [0.25, 0.3) is 0 Å². The molecule has 0 aliphatic rings. The number of aromatic nitrogens is 2. The van der Waals surface area contributed by atoms with Crippen LogP contribution in [0.5, 0.6) is 0 Å². The molecule has 2 amide bonds. The molecule has 0 saturated carbocycles. The number of hydrogen-bond acceptors (Lipinski definition) is 3. The Hall–Kier alpha value is -1.56. The highest BCUT2D eigenvalue weighted by Gasteiger charge is 1.97. The van der Waals surface area contributed by atoms with Crippen LogP contribution in [0.15, 0.2) is 12.3 Å². The first kappa shape index (κ1) is 6.56. The molecule has 0 aliphatic heterocycles. The summed E-state index contributed by atoms with van der Waals surface area (Å²) in [5, 5.41) is 16.3. The van der Waals surface area contributed by atoms with Crippen LogP contribution in [0.3, 0.4) is 0 Å². The largest absolute Gasteiger partial charge is 0.344 e. The highest BCUT2D eigenvalue weighted by Crippen LogP contribution is 1.96. The Bertz CT molecular complexity index is 207. The van der Waals surface area contributed by atoms with Crippen LogP contribution in [-0.4, -0.2) is 21.4 Å². The maximum absolute atomic E-state index is 10.4. The Morgan fingerprint density at radius 1 is 1.80 bits per heavy atom. The van der Waals surface area contributed by atoms with Crippen molar-refractivity contribution in [2.45, 2.75) is 0 Å². The van der Waals surface area contributed by atoms with E-state index >= 15 is 0 Å². The van der Waals surface area contributed by atoms with Crippen molar-refractivity contribution in [2.24, 2.45) is 0 Å². The van der Waals surface area contributed by atoms with Gasteiger partial charge in [-0.1, -0.05) is 0 Å². The van der Waals surface area contributed by atoms with Gasteiger partial charge >= 0.3 is 6.03 Å². The van der Waals surface area contributed by atoms with Gasteiger partial charge in [0.15, 0.2) is 0 Å². The molecule has 6 heteroatoms. The number of hydrogen-bond donors (Lipinski definition) is 4. The van der Waals surface area contributed by atoms with Gasteiger partial charge < -0.3 is 0 Å². The van der Waals surface area contributed by atoms with E-state index in [1.54, 1.807) is 6.07 Å². The van der Waals surface area contributed by atoms with Crippen molar-refractivity contribution in [1.29, 1.82) is 0 Å². The molecule has 0 atom stereocenters. The van der Waals surface area contributed by atoms with Gasteiger partial charge in [0.2, 0.25) is 0 Å². The van der Waals surface area contributed by atoms with Gasteiger partial charge in [0.1, 0.15) is 5.82 Å². The first-order chi connectivity index (χ1) is 4.83. The van der Waals surface area contributed by atoms with Gasteiger partial charge in [-0.05, 0) is 0 Å². The lowest BCUT2D eigenvalue weighted by Crippen LogP contribution is -2.25. The number of carbonyl (C=O) groups excluding carboxylic acids is 1. The molecule has 1 rings (SSSR count). The zero-order valence-corrected chi connectivity index (χ0v) is 4.96. The minimum absolute atomic E-state index is 0.423. The smallest absolute Gasteiger partial charge is 0.291 e. The van der Waals surface area contributed by atoms with Crippen LogP contribution < -0.4 is 10.8 Å². The van der Waals surface area contributed by atoms with E-state index in [1.165, 1.54) is 11.7 Å². The number of nitrogens with zero attached hydrogens (tertiary/aromatic N) is 1. The van der Waals surface area contributed by atoms with Gasteiger partial charge in [-0.3, -0.25) is 15.6 Å². The van der Waals surface area contributed by atoms with Crippen LogP contribution in [0.25, 0.3) is 0 Å². The lowest BCUT2D eigenvalue weighted by molar-refractivity contribution is 0.172. The van der Waals surface area contributed by atoms with Gasteiger partial charge in [0, 0.05) is 6.07 Å². The average molecular weight is 142 g/mol. The van der Waals surface area contributed by atoms with E-state index < -0.39 is 6.03 Å². The Morgan fingerprint density at radius 2 is 2.60 bits per heavy atom. The fraction of sp³-hybridized carbons (Fsp3) is 0. The Kier molecular flexibility index (Phi) is 1.86. The molecule has 10 heavy (non-hydrogen) atoms. The number of anilines is 1. The SMILES string of the molecule is O=C(NO)Nc1ccn[nH]1. The lowest BCUT2D eigenvalue weighted by Gasteiger charge is -1.96. The van der Waals surface area contributed by atoms with Gasteiger partial charge in [-0.25, -0.2) is 10.3 Å². The van der Waals surface area contributed by atoms with E-state index in [2.05, 4.69) is 15.5 Å². The maximum Gasteiger partial charge on any atom is 0.344 e. The Labute approximate surface area is 56.2 Å². The Balaban J connectivity index is 2.48. The van der Waals surface area contributed by atoms with Crippen LogP contribution in [0.1, 0.15) is 0 Å². The van der Waals surface area contributed by atoms with Crippen molar-refractivity contribution < 1.29 is 10.0 Å². The second-order valence-corrected chi connectivity index (χ2v) is 1.54. The molecular formula is C4H6N4O2. The second kappa shape index (κ2) is 2.83. The fourth-order valence-corrected chi connectivity index (χ4v) is 0.476. The third-order valence-corrected chi connectivity index (χ3v) is 0.850. The summed E-state index contributed by atoms with van der Waals surface area (Å²) in [6, 6.07) is 0.846. The number of amides is 2. The highest BCUT2D eigenvalue weighted by atomic mass is 16.5. The average Bonchev–Trinajstić information content (AvgIpc) is 2.40. The molecule has 0 aliphatic carbocycles. The third-order valence-electron chi connectivity index (χ3n) is 0.850. The second-order valence-electron chi connectivity index (χ2n) is 1.54. The minimum Gasteiger partial charge on any atom is -0.291 e. The molecule has 1 heterocycles. The molecule has 54 valence electrons. The maximum atomic E-state index is 10.4. The first-order valence-corrected chi connectivity index (χ1v) is 2.53. The van der Waals surface area contributed by atoms with E-state index in [-0.39, 0.29) is 0 Å². The minimum atomic E-state index is -0.704. The number of nitrogens with one attached hydrogen (secondary N) is 3. The van der Waals surface area contributed by atoms with E-state index in [9.17, 15) is 4.79 Å². The summed E-state index contributed by atoms with van der Waals surface area (Å²) >= 11 is 0. The summed E-state index contributed by atoms with van der Waals surface area (Å²) in [5.74, 6) is 0.423. The van der Waals surface area contributed by atoms with Crippen LogP contribution in [0, 0.1) is 0 Å². The highest BCUT2D eigenvalue weighted by molar-refractivity contribution is 5.87. The van der Waals surface area contributed by atoms with Crippen molar-refractivity contribution in [3.63, 3.8) is 0 Å². The molecule has 0 unspecified atom stereocenters. The molecule has 0 bridgehead atoms. The summed E-state index contributed by atoms with van der Waals surface area (Å²) in [6.45, 7) is 0. The predicted molar refractivity (Wildman–Crippen MR) is 32.5 cm³/mol. The summed E-state index contributed by atoms with van der Waals surface area (Å²) in [6.07, 6.45) is 1.48. The zero-order chi connectivity index (χ0) is 7.40. The number of urea groups is 1. The molecular weight excluding hydrogens is 136 g/mol. The van der Waals surface area contributed by atoms with Crippen LogP contribution in [0.2, 0.25) is 0 Å². The van der Waals surface area contributed by atoms with Gasteiger partial charge in [-0.15, -0.1) is 0 Å². The van der Waals surface area contributed by atoms with Crippen molar-refractivity contribution in [3.8, 4) is 0 Å². The number of rotatable bonds is 1. The summed E-state index contributed by atoms with van der Waals surface area (Å²) in [7, 11) is 0. The predicted octanol–water partition coefficient (Wildman–Crippen LogP) is -0.0796. The van der Waals surface area contributed by atoms with Crippen molar-refractivity contribution >= 4 is 11.8 Å². The molecule has 0 aromatic carbocycles. The molecule has 6 nitrogen and oxygen atoms in total. The fourth-order valence-electron chi connectivity index (χ4n) is 0.476. The van der Waals surface area contributed by atoms with Crippen LogP contribution >= 0.6 is 0 Å².